The molecule has 0 bridgehead atoms. The highest BCUT2D eigenvalue weighted by atomic mass is 32.2. The van der Waals surface area contributed by atoms with Gasteiger partial charge in [-0.1, -0.05) is 6.42 Å². The standard InChI is InChI=1S/C10H13NO4S2/c1-15-10(12)9-8(5-6-16-9)17(13,14)11-7-3-2-4-7/h5-7,11H,2-4H2,1H3. The summed E-state index contributed by atoms with van der Waals surface area (Å²) in [5, 5.41) is 1.57. The molecule has 1 aromatic heterocycles. The molecule has 1 aliphatic rings. The molecule has 1 aromatic rings. The van der Waals surface area contributed by atoms with Crippen molar-refractivity contribution in [2.45, 2.75) is 30.2 Å². The van der Waals surface area contributed by atoms with Crippen molar-refractivity contribution in [2.75, 3.05) is 7.11 Å². The fraction of sp³-hybridized carbons (Fsp3) is 0.500. The van der Waals surface area contributed by atoms with Gasteiger partial charge in [-0.3, -0.25) is 0 Å². The van der Waals surface area contributed by atoms with Crippen LogP contribution >= 0.6 is 11.3 Å². The molecular weight excluding hydrogens is 262 g/mol. The van der Waals surface area contributed by atoms with Crippen LogP contribution in [0.15, 0.2) is 16.3 Å². The zero-order valence-electron chi connectivity index (χ0n) is 9.30. The van der Waals surface area contributed by atoms with E-state index >= 15 is 0 Å². The molecule has 7 heteroatoms. The number of nitrogens with one attached hydrogen (secondary N) is 1. The summed E-state index contributed by atoms with van der Waals surface area (Å²) >= 11 is 1.07. The highest BCUT2D eigenvalue weighted by Gasteiger charge is 2.29. The van der Waals surface area contributed by atoms with Gasteiger partial charge in [0.05, 0.1) is 7.11 Å². The molecule has 0 radical (unpaired) electrons. The Kier molecular flexibility index (Phi) is 3.50. The van der Waals surface area contributed by atoms with Crippen LogP contribution in [0.25, 0.3) is 0 Å². The molecule has 0 saturated heterocycles. The fourth-order valence-electron chi connectivity index (χ4n) is 1.56. The minimum atomic E-state index is -3.60. The van der Waals surface area contributed by atoms with Gasteiger partial charge in [-0.2, -0.15) is 0 Å². The first-order valence-corrected chi connectivity index (χ1v) is 7.59. The lowest BCUT2D eigenvalue weighted by atomic mass is 9.94. The van der Waals surface area contributed by atoms with E-state index in [9.17, 15) is 13.2 Å². The molecule has 17 heavy (non-hydrogen) atoms. The van der Waals surface area contributed by atoms with Gasteiger partial charge in [-0.05, 0) is 24.3 Å². The average molecular weight is 275 g/mol. The SMILES string of the molecule is COC(=O)c1sccc1S(=O)(=O)NC1CCC1. The summed E-state index contributed by atoms with van der Waals surface area (Å²) in [7, 11) is -2.37. The number of rotatable bonds is 4. The predicted octanol–water partition coefficient (Wildman–Crippen LogP) is 1.37. The van der Waals surface area contributed by atoms with Crippen LogP contribution in [0.5, 0.6) is 0 Å². The van der Waals surface area contributed by atoms with E-state index in [1.807, 2.05) is 0 Å². The van der Waals surface area contributed by atoms with Gasteiger partial charge in [0.2, 0.25) is 10.0 Å². The van der Waals surface area contributed by atoms with Crippen LogP contribution in [-0.2, 0) is 14.8 Å². The van der Waals surface area contributed by atoms with E-state index in [0.717, 1.165) is 30.6 Å². The molecule has 0 aromatic carbocycles. The Balaban J connectivity index is 2.26. The van der Waals surface area contributed by atoms with Crippen molar-refractivity contribution in [1.82, 2.24) is 4.72 Å². The molecule has 1 fully saturated rings. The smallest absolute Gasteiger partial charge is 0.349 e. The van der Waals surface area contributed by atoms with Crippen LogP contribution in [0, 0.1) is 0 Å². The molecule has 1 aliphatic carbocycles. The first-order valence-electron chi connectivity index (χ1n) is 5.23. The average Bonchev–Trinajstić information content (AvgIpc) is 2.72. The molecule has 0 atom stereocenters. The van der Waals surface area contributed by atoms with Gasteiger partial charge in [-0.15, -0.1) is 11.3 Å². The van der Waals surface area contributed by atoms with Crippen molar-refractivity contribution in [3.63, 3.8) is 0 Å². The number of esters is 1. The molecular formula is C10H13NO4S2. The van der Waals surface area contributed by atoms with Gasteiger partial charge in [0.15, 0.2) is 0 Å². The molecule has 5 nitrogen and oxygen atoms in total. The second-order valence-electron chi connectivity index (χ2n) is 3.85. The van der Waals surface area contributed by atoms with E-state index < -0.39 is 16.0 Å². The topological polar surface area (TPSA) is 72.5 Å². The molecule has 1 saturated carbocycles. The molecule has 0 aliphatic heterocycles. The Morgan fingerprint density at radius 2 is 2.24 bits per heavy atom. The second kappa shape index (κ2) is 4.75. The number of ether oxygens (including phenoxy) is 1. The van der Waals surface area contributed by atoms with E-state index in [1.54, 1.807) is 5.38 Å². The van der Waals surface area contributed by atoms with Crippen LogP contribution in [0.3, 0.4) is 0 Å². The van der Waals surface area contributed by atoms with Gasteiger partial charge in [0.1, 0.15) is 9.77 Å². The number of methoxy groups -OCH3 is 1. The first-order chi connectivity index (χ1) is 8.04. The molecule has 0 amide bonds. The van der Waals surface area contributed by atoms with Gasteiger partial charge in [0.25, 0.3) is 0 Å². The maximum absolute atomic E-state index is 12.0. The Morgan fingerprint density at radius 3 is 2.76 bits per heavy atom. The highest BCUT2D eigenvalue weighted by molar-refractivity contribution is 7.89. The highest BCUT2D eigenvalue weighted by Crippen LogP contribution is 2.25. The lowest BCUT2D eigenvalue weighted by Crippen LogP contribution is -2.39. The van der Waals surface area contributed by atoms with E-state index in [4.69, 9.17) is 0 Å². The third kappa shape index (κ3) is 2.51. The number of thiophene rings is 1. The maximum Gasteiger partial charge on any atom is 0.349 e. The Labute approximate surface area is 104 Å². The van der Waals surface area contributed by atoms with Crippen LogP contribution in [0.4, 0.5) is 0 Å². The van der Waals surface area contributed by atoms with Crippen LogP contribution in [0.2, 0.25) is 0 Å². The largest absolute Gasteiger partial charge is 0.465 e. The number of hydrogen-bond donors (Lipinski definition) is 1. The Morgan fingerprint density at radius 1 is 1.53 bits per heavy atom. The maximum atomic E-state index is 12.0. The first kappa shape index (κ1) is 12.5. The van der Waals surface area contributed by atoms with Crippen LogP contribution in [-0.4, -0.2) is 27.5 Å². The molecule has 94 valence electrons. The van der Waals surface area contributed by atoms with Crippen molar-refractivity contribution in [1.29, 1.82) is 0 Å². The summed E-state index contributed by atoms with van der Waals surface area (Å²) in [5.74, 6) is -0.617. The van der Waals surface area contributed by atoms with Crippen molar-refractivity contribution in [3.05, 3.63) is 16.3 Å². The number of carbonyl (C=O) groups excluding carboxylic acids is 1. The van der Waals surface area contributed by atoms with Crippen molar-refractivity contribution in [2.24, 2.45) is 0 Å². The lowest BCUT2D eigenvalue weighted by molar-refractivity contribution is 0.0602. The van der Waals surface area contributed by atoms with Gasteiger partial charge >= 0.3 is 5.97 Å². The zero-order valence-corrected chi connectivity index (χ0v) is 10.9. The van der Waals surface area contributed by atoms with Crippen LogP contribution in [0.1, 0.15) is 28.9 Å². The minimum Gasteiger partial charge on any atom is -0.465 e. The Hall–Kier alpha value is -0.920. The van der Waals surface area contributed by atoms with Crippen LogP contribution < -0.4 is 4.72 Å². The minimum absolute atomic E-state index is 0.00500. The summed E-state index contributed by atoms with van der Waals surface area (Å²) in [6.07, 6.45) is 2.76. The van der Waals surface area contributed by atoms with Crippen molar-refractivity contribution < 1.29 is 17.9 Å². The third-order valence-corrected chi connectivity index (χ3v) is 5.30. The molecule has 0 spiro atoms. The summed E-state index contributed by atoms with van der Waals surface area (Å²) in [6.45, 7) is 0. The Bertz CT molecular complexity index is 516. The number of carbonyl (C=O) groups is 1. The number of sulfonamides is 1. The molecule has 1 N–H and O–H groups in total. The van der Waals surface area contributed by atoms with Crippen molar-refractivity contribution >= 4 is 27.3 Å². The molecule has 2 rings (SSSR count). The van der Waals surface area contributed by atoms with Crippen molar-refractivity contribution in [3.8, 4) is 0 Å². The molecule has 0 unspecified atom stereocenters. The monoisotopic (exact) mass is 275 g/mol. The fourth-order valence-corrected chi connectivity index (χ4v) is 4.20. The zero-order chi connectivity index (χ0) is 12.5. The van der Waals surface area contributed by atoms with E-state index in [1.165, 1.54) is 13.2 Å². The summed E-state index contributed by atoms with van der Waals surface area (Å²) in [6, 6.07) is 1.43. The van der Waals surface area contributed by atoms with Gasteiger partial charge in [-0.25, -0.2) is 17.9 Å². The van der Waals surface area contributed by atoms with E-state index in [0.29, 0.717) is 0 Å². The van der Waals surface area contributed by atoms with E-state index in [-0.39, 0.29) is 15.8 Å². The lowest BCUT2D eigenvalue weighted by Gasteiger charge is -2.25. The molecule has 1 heterocycles. The van der Waals surface area contributed by atoms with Gasteiger partial charge < -0.3 is 4.74 Å². The summed E-state index contributed by atoms with van der Waals surface area (Å²) < 4.78 is 31.2. The summed E-state index contributed by atoms with van der Waals surface area (Å²) in [4.78, 5) is 11.5. The van der Waals surface area contributed by atoms with Gasteiger partial charge in [0, 0.05) is 6.04 Å². The van der Waals surface area contributed by atoms with E-state index in [2.05, 4.69) is 9.46 Å². The summed E-state index contributed by atoms with van der Waals surface area (Å²) in [5.41, 5.74) is 0. The number of hydrogen-bond acceptors (Lipinski definition) is 5. The predicted molar refractivity (Wildman–Crippen MR) is 63.6 cm³/mol. The quantitative estimate of drug-likeness (QED) is 0.842. The normalized spacial score (nSPS) is 16.5. The third-order valence-electron chi connectivity index (χ3n) is 2.72. The second-order valence-corrected chi connectivity index (χ2v) is 6.45.